The fraction of sp³-hybridized carbons (Fsp3) is 0.704. The number of carbonyl (C=O) groups is 3. The molecule has 0 radical (unpaired) electrons. The lowest BCUT2D eigenvalue weighted by Gasteiger charge is -2.41. The molecule has 4 aliphatic rings. The third-order valence-electron chi connectivity index (χ3n) is 9.15. The first-order valence-corrected chi connectivity index (χ1v) is 13.5. The van der Waals surface area contributed by atoms with Gasteiger partial charge in [-0.2, -0.15) is 0 Å². The number of hydrogen-bond acceptors (Lipinski definition) is 6. The summed E-state index contributed by atoms with van der Waals surface area (Å²) in [6.07, 6.45) is 6.36. The molecule has 9 heteroatoms. The van der Waals surface area contributed by atoms with Gasteiger partial charge in [-0.15, -0.1) is 0 Å². The van der Waals surface area contributed by atoms with Crippen LogP contribution < -0.4 is 5.32 Å². The average molecular weight is 497 g/mol. The van der Waals surface area contributed by atoms with Crippen molar-refractivity contribution in [1.29, 1.82) is 0 Å². The molecule has 9 nitrogen and oxygen atoms in total. The first-order chi connectivity index (χ1) is 17.2. The van der Waals surface area contributed by atoms with E-state index in [1.165, 1.54) is 5.56 Å². The number of aryl methyl sites for hydroxylation is 1. The van der Waals surface area contributed by atoms with Crippen molar-refractivity contribution in [1.82, 2.24) is 29.9 Å². The van der Waals surface area contributed by atoms with Gasteiger partial charge in [0.1, 0.15) is 6.04 Å². The quantitative estimate of drug-likeness (QED) is 0.673. The minimum absolute atomic E-state index is 0.0113. The van der Waals surface area contributed by atoms with Crippen molar-refractivity contribution >= 4 is 17.7 Å². The Morgan fingerprint density at radius 3 is 2.56 bits per heavy atom. The van der Waals surface area contributed by atoms with Crippen molar-refractivity contribution < 1.29 is 14.4 Å². The van der Waals surface area contributed by atoms with Crippen LogP contribution in [0.25, 0.3) is 0 Å². The molecule has 0 aromatic carbocycles. The van der Waals surface area contributed by atoms with Crippen LogP contribution in [0.4, 0.5) is 0 Å². The number of nitrogens with zero attached hydrogens (tertiary/aromatic N) is 5. The third-order valence-corrected chi connectivity index (χ3v) is 9.15. The maximum absolute atomic E-state index is 13.4. The van der Waals surface area contributed by atoms with Crippen molar-refractivity contribution in [3.63, 3.8) is 0 Å². The number of carbonyl (C=O) groups excluding carboxylic acids is 3. The number of pyridine rings is 1. The van der Waals surface area contributed by atoms with Crippen LogP contribution in [0.2, 0.25) is 0 Å². The van der Waals surface area contributed by atoms with Gasteiger partial charge in [-0.25, -0.2) is 0 Å². The van der Waals surface area contributed by atoms with E-state index in [9.17, 15) is 14.4 Å². The van der Waals surface area contributed by atoms with Gasteiger partial charge < -0.3 is 15.1 Å². The number of rotatable bonds is 4. The number of nitrogens with one attached hydrogen (secondary N) is 1. The van der Waals surface area contributed by atoms with Gasteiger partial charge in [-0.3, -0.25) is 29.2 Å². The molecule has 0 aliphatic carbocycles. The largest absolute Gasteiger partial charge is 0.348 e. The van der Waals surface area contributed by atoms with Crippen LogP contribution in [0.5, 0.6) is 0 Å². The molecular weight excluding hydrogens is 456 g/mol. The second-order valence-electron chi connectivity index (χ2n) is 11.3. The van der Waals surface area contributed by atoms with Crippen LogP contribution in [-0.4, -0.2) is 106 Å². The van der Waals surface area contributed by atoms with Crippen LogP contribution in [-0.2, 0) is 20.9 Å². The van der Waals surface area contributed by atoms with Crippen LogP contribution in [0.15, 0.2) is 18.3 Å². The smallest absolute Gasteiger partial charge is 0.243 e. The zero-order chi connectivity index (χ0) is 25.4. The first kappa shape index (κ1) is 25.1. The van der Waals surface area contributed by atoms with Crippen molar-refractivity contribution in [2.75, 3.05) is 39.8 Å². The molecule has 5 rings (SSSR count). The average Bonchev–Trinajstić information content (AvgIpc) is 3.29. The van der Waals surface area contributed by atoms with E-state index in [0.717, 1.165) is 64.1 Å². The first-order valence-electron chi connectivity index (χ1n) is 13.5. The Hall–Kier alpha value is -2.52. The Morgan fingerprint density at radius 2 is 1.89 bits per heavy atom. The minimum Gasteiger partial charge on any atom is -0.348 e. The fourth-order valence-electron chi connectivity index (χ4n) is 6.64. The highest BCUT2D eigenvalue weighted by atomic mass is 16.2. The second-order valence-corrected chi connectivity index (χ2v) is 11.3. The fourth-order valence-corrected chi connectivity index (χ4v) is 6.64. The van der Waals surface area contributed by atoms with Gasteiger partial charge in [-0.1, -0.05) is 6.07 Å². The molecule has 0 unspecified atom stereocenters. The summed E-state index contributed by atoms with van der Waals surface area (Å²) in [5.41, 5.74) is 1.85. The molecule has 1 spiro atoms. The van der Waals surface area contributed by atoms with Crippen LogP contribution in [0.3, 0.4) is 0 Å². The normalized spacial score (nSPS) is 27.3. The number of aromatic nitrogens is 1. The summed E-state index contributed by atoms with van der Waals surface area (Å²) in [5.74, 6) is 0.256. The summed E-state index contributed by atoms with van der Waals surface area (Å²) >= 11 is 0. The van der Waals surface area contributed by atoms with E-state index in [4.69, 9.17) is 0 Å². The summed E-state index contributed by atoms with van der Waals surface area (Å²) in [7, 11) is 2.12. The van der Waals surface area contributed by atoms with Gasteiger partial charge in [0.15, 0.2) is 0 Å². The SMILES string of the molecule is CC(=O)N1CCC(N(C)[C@H]2C[C@H]3C(=O)NC4(CCN(Cc5ncccc5C)CC4)CC(=O)N3C2)CC1. The Bertz CT molecular complexity index is 971. The van der Waals surface area contributed by atoms with Crippen molar-refractivity contribution in [3.05, 3.63) is 29.6 Å². The van der Waals surface area contributed by atoms with Crippen molar-refractivity contribution in [2.24, 2.45) is 0 Å². The predicted octanol–water partition coefficient (Wildman–Crippen LogP) is 1.16. The zero-order valence-corrected chi connectivity index (χ0v) is 21.9. The van der Waals surface area contributed by atoms with E-state index in [2.05, 4.69) is 40.1 Å². The zero-order valence-electron chi connectivity index (χ0n) is 21.9. The summed E-state index contributed by atoms with van der Waals surface area (Å²) in [6, 6.07) is 4.23. The summed E-state index contributed by atoms with van der Waals surface area (Å²) in [4.78, 5) is 51.5. The van der Waals surface area contributed by atoms with E-state index in [1.807, 2.05) is 22.1 Å². The molecule has 0 saturated carbocycles. The van der Waals surface area contributed by atoms with Gasteiger partial charge in [-0.05, 0) is 57.7 Å². The van der Waals surface area contributed by atoms with Crippen LogP contribution in [0, 0.1) is 6.92 Å². The number of fused-ring (bicyclic) bond motifs is 1. The number of likely N-dealkylation sites (N-methyl/N-ethyl adjacent to an activating group) is 1. The molecule has 36 heavy (non-hydrogen) atoms. The van der Waals surface area contributed by atoms with Crippen molar-refractivity contribution in [3.8, 4) is 0 Å². The monoisotopic (exact) mass is 496 g/mol. The molecule has 1 N–H and O–H groups in total. The van der Waals surface area contributed by atoms with E-state index < -0.39 is 5.54 Å². The molecule has 4 saturated heterocycles. The Balaban J connectivity index is 1.18. The molecule has 4 fully saturated rings. The lowest BCUT2D eigenvalue weighted by atomic mass is 9.84. The molecular formula is C27H40N6O3. The molecule has 2 atom stereocenters. The number of piperidine rings is 2. The molecule has 1 aromatic rings. The van der Waals surface area contributed by atoms with Gasteiger partial charge >= 0.3 is 0 Å². The Labute approximate surface area is 214 Å². The van der Waals surface area contributed by atoms with Gasteiger partial charge in [0.2, 0.25) is 17.7 Å². The van der Waals surface area contributed by atoms with Crippen LogP contribution >= 0.6 is 0 Å². The molecule has 0 bridgehead atoms. The maximum atomic E-state index is 13.4. The lowest BCUT2D eigenvalue weighted by molar-refractivity contribution is -0.136. The molecule has 4 aliphatic heterocycles. The van der Waals surface area contributed by atoms with Crippen LogP contribution in [0.1, 0.15) is 56.7 Å². The Morgan fingerprint density at radius 1 is 1.17 bits per heavy atom. The van der Waals surface area contributed by atoms with Gasteiger partial charge in [0.05, 0.1) is 17.7 Å². The molecule has 5 heterocycles. The molecule has 1 aromatic heterocycles. The number of likely N-dealkylation sites (tertiary alicyclic amines) is 2. The minimum atomic E-state index is -0.435. The summed E-state index contributed by atoms with van der Waals surface area (Å²) < 4.78 is 0. The van der Waals surface area contributed by atoms with Gasteiger partial charge in [0, 0.05) is 64.5 Å². The van der Waals surface area contributed by atoms with E-state index >= 15 is 0 Å². The number of hydrogen-bond donors (Lipinski definition) is 1. The topological polar surface area (TPSA) is 89.1 Å². The third kappa shape index (κ3) is 5.00. The molecule has 3 amide bonds. The standard InChI is InChI=1S/C27H40N6O3/c1-19-5-4-10-28-23(19)18-31-13-8-27(9-14-31)16-25(35)33-17-22(15-24(33)26(36)29-27)30(3)21-6-11-32(12-7-21)20(2)34/h4-5,10,21-22,24H,6-9,11-18H2,1-3H3,(H,29,36)/t22-,24-/m0/s1. The van der Waals surface area contributed by atoms with E-state index in [0.29, 0.717) is 25.4 Å². The van der Waals surface area contributed by atoms with Crippen molar-refractivity contribution in [2.45, 2.75) is 82.6 Å². The maximum Gasteiger partial charge on any atom is 0.243 e. The summed E-state index contributed by atoms with van der Waals surface area (Å²) in [5, 5.41) is 3.34. The highest BCUT2D eigenvalue weighted by Gasteiger charge is 2.50. The van der Waals surface area contributed by atoms with E-state index in [-0.39, 0.29) is 29.8 Å². The van der Waals surface area contributed by atoms with E-state index in [1.54, 1.807) is 6.92 Å². The molecule has 196 valence electrons. The highest BCUT2D eigenvalue weighted by molar-refractivity contribution is 5.92. The lowest BCUT2D eigenvalue weighted by Crippen LogP contribution is -2.56. The van der Waals surface area contributed by atoms with Gasteiger partial charge in [0.25, 0.3) is 0 Å². The summed E-state index contributed by atoms with van der Waals surface area (Å²) in [6.45, 7) is 8.39. The Kier molecular flexibility index (Phi) is 7.05. The predicted molar refractivity (Wildman–Crippen MR) is 136 cm³/mol. The second kappa shape index (κ2) is 10.1. The highest BCUT2D eigenvalue weighted by Crippen LogP contribution is 2.34. The number of amides is 3.